The molecule has 0 saturated carbocycles. The van der Waals surface area contributed by atoms with Crippen LogP contribution in [0, 0.1) is 38.2 Å². The smallest absolute Gasteiger partial charge is 0.354 e. The zero-order valence-electron chi connectivity index (χ0n) is 47.5. The number of halogens is 3. The molecule has 0 bridgehead atoms. The molecule has 82 heavy (non-hydrogen) atoms. The van der Waals surface area contributed by atoms with Crippen LogP contribution < -0.4 is 26.6 Å². The van der Waals surface area contributed by atoms with E-state index < -0.39 is 54.5 Å². The molecule has 0 aliphatic rings. The maximum absolute atomic E-state index is 13.4. The molecule has 3 heterocycles. The predicted octanol–water partition coefficient (Wildman–Crippen LogP) is 6.63. The number of aromatic carboxylic acids is 2. The third kappa shape index (κ3) is 18.1. The number of nitrogens with one attached hydrogen (secondary N) is 5. The Morgan fingerprint density at radius 2 is 0.707 bits per heavy atom. The minimum absolute atomic E-state index is 0.0249. The molecule has 3 aromatic heterocycles. The number of carboxylic acid groups (broad SMARTS) is 2. The van der Waals surface area contributed by atoms with E-state index in [2.05, 4.69) is 56.5 Å². The SMILES string of the molecule is Cc1cc(CNC(=O)c2cc(C(=O)O)ncn2)ccc1F.[2H]C([2H])(NC(=O)c1cc(C(=O)NCc2ccc(F)c(C)c2)ncn1)c1ccc(C(=O)O)cc1.[2H]C([2H])(NC(=O)c1cc(C(=O)NCc2ccc(F)c(C)c2)ncn1)c1ccc(C=O)cc1. The summed E-state index contributed by atoms with van der Waals surface area (Å²) in [7, 11) is 0. The minimum atomic E-state index is -2.33. The zero-order valence-corrected chi connectivity index (χ0v) is 43.5. The van der Waals surface area contributed by atoms with Crippen LogP contribution >= 0.6 is 0 Å². The number of nitrogens with zero attached hydrogens (tertiary/aromatic N) is 6. The molecule has 5 amide bonds. The lowest BCUT2D eigenvalue weighted by Gasteiger charge is -2.08. The number of carbonyl (C=O) groups is 8. The molecule has 8 rings (SSSR count). The summed E-state index contributed by atoms with van der Waals surface area (Å²) < 4.78 is 72.2. The maximum atomic E-state index is 13.4. The first kappa shape index (κ1) is 54.4. The second-order valence-corrected chi connectivity index (χ2v) is 17.2. The first-order valence-electron chi connectivity index (χ1n) is 26.1. The predicted molar refractivity (Wildman–Crippen MR) is 288 cm³/mol. The molecule has 0 spiro atoms. The van der Waals surface area contributed by atoms with Crippen molar-refractivity contribution in [3.63, 3.8) is 0 Å². The highest BCUT2D eigenvalue weighted by molar-refractivity contribution is 5.98. The van der Waals surface area contributed by atoms with Gasteiger partial charge in [0, 0.05) is 56.4 Å². The Morgan fingerprint density at radius 3 is 1.01 bits per heavy atom. The fourth-order valence-corrected chi connectivity index (χ4v) is 6.81. The summed E-state index contributed by atoms with van der Waals surface area (Å²) in [6, 6.07) is 27.3. The van der Waals surface area contributed by atoms with Crippen LogP contribution in [0.3, 0.4) is 0 Å². The van der Waals surface area contributed by atoms with Crippen LogP contribution in [0.2, 0.25) is 0 Å². The molecular formula is C58H50F3N11O10. The number of hydrogen-bond donors (Lipinski definition) is 7. The van der Waals surface area contributed by atoms with E-state index in [9.17, 15) is 51.5 Å². The van der Waals surface area contributed by atoms with Gasteiger partial charge in [-0.2, -0.15) is 0 Å². The van der Waals surface area contributed by atoms with Gasteiger partial charge < -0.3 is 36.8 Å². The molecule has 418 valence electrons. The molecule has 7 N–H and O–H groups in total. The zero-order chi connectivity index (χ0) is 62.9. The summed E-state index contributed by atoms with van der Waals surface area (Å²) >= 11 is 0. The van der Waals surface area contributed by atoms with Gasteiger partial charge in [0.1, 0.15) is 71.2 Å². The normalized spacial score (nSPS) is 11.4. The van der Waals surface area contributed by atoms with Crippen LogP contribution in [0.15, 0.2) is 140 Å². The summed E-state index contributed by atoms with van der Waals surface area (Å²) in [5.41, 5.74) is 3.06. The average molecular weight is 1120 g/mol. The summed E-state index contributed by atoms with van der Waals surface area (Å²) in [6.07, 6.45) is 3.67. The van der Waals surface area contributed by atoms with Crippen molar-refractivity contribution in [3.05, 3.63) is 248 Å². The van der Waals surface area contributed by atoms with Crippen molar-refractivity contribution in [2.45, 2.75) is 53.4 Å². The van der Waals surface area contributed by atoms with Gasteiger partial charge in [0.25, 0.3) is 29.5 Å². The average Bonchev–Trinajstić information content (AvgIpc) is 3.13. The van der Waals surface area contributed by atoms with Gasteiger partial charge in [0.05, 0.1) is 11.0 Å². The molecule has 24 heteroatoms. The molecule has 0 saturated heterocycles. The Morgan fingerprint density at radius 1 is 0.415 bits per heavy atom. The van der Waals surface area contributed by atoms with Gasteiger partial charge in [0.15, 0.2) is 5.69 Å². The van der Waals surface area contributed by atoms with Crippen LogP contribution in [0.5, 0.6) is 0 Å². The first-order valence-corrected chi connectivity index (χ1v) is 24.1. The summed E-state index contributed by atoms with van der Waals surface area (Å²) in [5.74, 6) is -6.84. The monoisotopic (exact) mass is 1120 g/mol. The highest BCUT2D eigenvalue weighted by Crippen LogP contribution is 2.13. The van der Waals surface area contributed by atoms with Gasteiger partial charge >= 0.3 is 11.9 Å². The fraction of sp³-hybridized carbons (Fsp3) is 0.138. The van der Waals surface area contributed by atoms with E-state index in [0.29, 0.717) is 39.7 Å². The van der Waals surface area contributed by atoms with Gasteiger partial charge in [-0.3, -0.25) is 28.8 Å². The van der Waals surface area contributed by atoms with Crippen molar-refractivity contribution < 1.29 is 67.2 Å². The molecule has 5 aromatic carbocycles. The lowest BCUT2D eigenvalue weighted by Crippen LogP contribution is -2.27. The first-order chi connectivity index (χ1) is 40.7. The van der Waals surface area contributed by atoms with Crippen molar-refractivity contribution in [2.75, 3.05) is 0 Å². The molecular weight excluding hydrogens is 1070 g/mol. The van der Waals surface area contributed by atoms with Gasteiger partial charge in [-0.15, -0.1) is 0 Å². The Bertz CT molecular complexity index is 3870. The Labute approximate surface area is 471 Å². The van der Waals surface area contributed by atoms with Crippen LogP contribution in [0.25, 0.3) is 0 Å². The van der Waals surface area contributed by atoms with Gasteiger partial charge in [-0.1, -0.05) is 72.8 Å². The lowest BCUT2D eigenvalue weighted by molar-refractivity contribution is 0.0682. The molecule has 0 aliphatic carbocycles. The minimum Gasteiger partial charge on any atom is -0.478 e. The van der Waals surface area contributed by atoms with Crippen molar-refractivity contribution in [2.24, 2.45) is 0 Å². The second-order valence-electron chi connectivity index (χ2n) is 17.2. The number of aryl methyl sites for hydroxylation is 3. The maximum Gasteiger partial charge on any atom is 0.354 e. The summed E-state index contributed by atoms with van der Waals surface area (Å²) in [4.78, 5) is 117. The van der Waals surface area contributed by atoms with Gasteiger partial charge in [-0.25, -0.2) is 52.7 Å². The van der Waals surface area contributed by atoms with E-state index in [1.807, 2.05) is 0 Å². The Kier molecular flexibility index (Phi) is 19.4. The number of aldehydes is 1. The molecule has 8 aromatic rings. The number of rotatable bonds is 18. The van der Waals surface area contributed by atoms with Crippen molar-refractivity contribution in [1.82, 2.24) is 56.5 Å². The number of benzene rings is 5. The van der Waals surface area contributed by atoms with Gasteiger partial charge in [-0.05, 0) is 95.6 Å². The Balaban J connectivity index is 0.000000212. The topological polar surface area (TPSA) is 315 Å². The second kappa shape index (κ2) is 29.2. The fourth-order valence-electron chi connectivity index (χ4n) is 6.81. The van der Waals surface area contributed by atoms with Crippen molar-refractivity contribution in [1.29, 1.82) is 0 Å². The van der Waals surface area contributed by atoms with Gasteiger partial charge in [0.2, 0.25) is 0 Å². The van der Waals surface area contributed by atoms with E-state index in [4.69, 9.17) is 15.7 Å². The highest BCUT2D eigenvalue weighted by Gasteiger charge is 2.17. The van der Waals surface area contributed by atoms with E-state index in [1.54, 1.807) is 51.1 Å². The number of amides is 5. The van der Waals surface area contributed by atoms with E-state index in [1.165, 1.54) is 72.8 Å². The van der Waals surface area contributed by atoms with Crippen LogP contribution in [-0.4, -0.2) is 87.9 Å². The molecule has 0 radical (unpaired) electrons. The standard InChI is InChI=1S/C22H19FN4O4.C22H19FN4O3.C14H12FN3O3/c1-13-8-15(4-7-17(13)23)11-25-21(29)19-9-18(26-12-27-19)20(28)24-10-14-2-5-16(6-3-14)22(30)31;1-14-8-17(6-7-18(14)23)11-25-22(30)20-9-19(26-13-27-20)21(29)24-10-15-2-4-16(12-28)5-3-15;1-8-4-9(2-3-10(8)15)6-16-13(19)11-5-12(14(20)21)18-7-17-11/h2-9,12H,10-11H2,1H3,(H,24,28)(H,25,29)(H,30,31);2-9,12-13H,10-11H2,1H3,(H,24,29)(H,25,30);2-5,7H,6H2,1H3,(H,16,19)(H,20,21)/i2*10D2;. The summed E-state index contributed by atoms with van der Waals surface area (Å²) in [6.45, 7) is 0.705. The third-order valence-electron chi connectivity index (χ3n) is 11.2. The van der Waals surface area contributed by atoms with Crippen molar-refractivity contribution in [3.8, 4) is 0 Å². The quantitative estimate of drug-likeness (QED) is 0.0443. The number of hydrogen-bond acceptors (Lipinski definition) is 14. The number of carbonyl (C=O) groups excluding carboxylic acids is 6. The molecule has 21 nitrogen and oxygen atoms in total. The van der Waals surface area contributed by atoms with Crippen LogP contribution in [0.4, 0.5) is 13.2 Å². The lowest BCUT2D eigenvalue weighted by atomic mass is 10.1. The van der Waals surface area contributed by atoms with E-state index in [-0.39, 0.29) is 87.9 Å². The molecule has 0 aliphatic heterocycles. The van der Waals surface area contributed by atoms with Crippen LogP contribution in [0.1, 0.15) is 134 Å². The highest BCUT2D eigenvalue weighted by atomic mass is 19.1. The van der Waals surface area contributed by atoms with E-state index >= 15 is 0 Å². The van der Waals surface area contributed by atoms with E-state index in [0.717, 1.165) is 42.7 Å². The Hall–Kier alpha value is -10.9. The third-order valence-corrected chi connectivity index (χ3v) is 11.2. The molecule has 0 fully saturated rings. The number of aromatic nitrogens is 6. The largest absolute Gasteiger partial charge is 0.478 e. The summed E-state index contributed by atoms with van der Waals surface area (Å²) in [5, 5.41) is 29.9. The van der Waals surface area contributed by atoms with Crippen molar-refractivity contribution >= 4 is 47.8 Å². The molecule has 0 atom stereocenters. The number of carboxylic acids is 2. The molecule has 0 unspecified atom stereocenters. The van der Waals surface area contributed by atoms with Crippen LogP contribution in [-0.2, 0) is 32.6 Å².